The van der Waals surface area contributed by atoms with E-state index in [1.54, 1.807) is 18.2 Å². The van der Waals surface area contributed by atoms with Crippen molar-refractivity contribution in [2.24, 2.45) is 5.92 Å². The van der Waals surface area contributed by atoms with E-state index in [4.69, 9.17) is 11.6 Å². The minimum atomic E-state index is -3.50. The van der Waals surface area contributed by atoms with Gasteiger partial charge in [0.2, 0.25) is 10.0 Å². The van der Waals surface area contributed by atoms with E-state index in [0.29, 0.717) is 22.9 Å². The quantitative estimate of drug-likeness (QED) is 0.941. The molecule has 0 saturated heterocycles. The summed E-state index contributed by atoms with van der Waals surface area (Å²) in [4.78, 5) is 0.260. The largest absolute Gasteiger partial charge is 0.241 e. The summed E-state index contributed by atoms with van der Waals surface area (Å²) in [5.74, 6) is 0.500. The number of benzene rings is 2. The number of rotatable bonds is 4. The Hall–Kier alpha value is -1.10. The molecule has 1 aliphatic carbocycles. The van der Waals surface area contributed by atoms with Gasteiger partial charge in [-0.15, -0.1) is 0 Å². The molecule has 0 aliphatic heterocycles. The lowest BCUT2D eigenvalue weighted by Crippen LogP contribution is -2.26. The van der Waals surface area contributed by atoms with Gasteiger partial charge in [-0.2, -0.15) is 0 Å². The predicted octanol–water partition coefficient (Wildman–Crippen LogP) is 3.18. The molecule has 19 heavy (non-hydrogen) atoms. The molecule has 1 saturated carbocycles. The van der Waals surface area contributed by atoms with E-state index >= 15 is 0 Å². The highest BCUT2D eigenvalue weighted by Gasteiger charge is 2.25. The number of sulfonamides is 1. The molecular formula is C14H14ClNO2S. The average molecular weight is 296 g/mol. The van der Waals surface area contributed by atoms with Crippen molar-refractivity contribution in [3.05, 3.63) is 41.4 Å². The highest BCUT2D eigenvalue weighted by molar-refractivity contribution is 7.89. The van der Waals surface area contributed by atoms with Crippen LogP contribution in [0.5, 0.6) is 0 Å². The van der Waals surface area contributed by atoms with Gasteiger partial charge in [-0.3, -0.25) is 0 Å². The number of hydrogen-bond acceptors (Lipinski definition) is 2. The Labute approximate surface area is 117 Å². The fraction of sp³-hybridized carbons (Fsp3) is 0.286. The van der Waals surface area contributed by atoms with Crippen LogP contribution in [0.3, 0.4) is 0 Å². The van der Waals surface area contributed by atoms with Crippen LogP contribution in [0, 0.1) is 5.92 Å². The Bertz CT molecular complexity index is 718. The lowest BCUT2D eigenvalue weighted by Gasteiger charge is -2.10. The first-order valence-corrected chi connectivity index (χ1v) is 8.11. The zero-order valence-corrected chi connectivity index (χ0v) is 11.8. The minimum Gasteiger partial charge on any atom is -0.211 e. The molecule has 2 aromatic carbocycles. The average Bonchev–Trinajstić information content (AvgIpc) is 3.20. The van der Waals surface area contributed by atoms with Crippen LogP contribution in [0.4, 0.5) is 0 Å². The summed E-state index contributed by atoms with van der Waals surface area (Å²) >= 11 is 6.15. The lowest BCUT2D eigenvalue weighted by atomic mass is 10.1. The highest BCUT2D eigenvalue weighted by Crippen LogP contribution is 2.31. The molecule has 0 unspecified atom stereocenters. The summed E-state index contributed by atoms with van der Waals surface area (Å²) in [7, 11) is -3.50. The molecule has 0 radical (unpaired) electrons. The fourth-order valence-corrected chi connectivity index (χ4v) is 3.82. The fourth-order valence-electron chi connectivity index (χ4n) is 2.11. The first-order chi connectivity index (χ1) is 9.08. The van der Waals surface area contributed by atoms with Gasteiger partial charge in [0.25, 0.3) is 0 Å². The summed E-state index contributed by atoms with van der Waals surface area (Å²) in [6, 6.07) is 10.6. The normalized spacial score (nSPS) is 15.8. The predicted molar refractivity (Wildman–Crippen MR) is 76.9 cm³/mol. The van der Waals surface area contributed by atoms with Crippen molar-refractivity contribution in [2.75, 3.05) is 6.54 Å². The number of halogens is 1. The van der Waals surface area contributed by atoms with E-state index in [-0.39, 0.29) is 4.90 Å². The lowest BCUT2D eigenvalue weighted by molar-refractivity contribution is 0.578. The van der Waals surface area contributed by atoms with E-state index < -0.39 is 10.0 Å². The van der Waals surface area contributed by atoms with Crippen LogP contribution in [0.15, 0.2) is 41.3 Å². The van der Waals surface area contributed by atoms with Crippen molar-refractivity contribution in [3.63, 3.8) is 0 Å². The summed E-state index contributed by atoms with van der Waals surface area (Å²) in [6.07, 6.45) is 2.22. The van der Waals surface area contributed by atoms with Gasteiger partial charge in [-0.1, -0.05) is 35.9 Å². The second-order valence-electron chi connectivity index (χ2n) is 4.89. The number of nitrogens with one attached hydrogen (secondary N) is 1. The van der Waals surface area contributed by atoms with Crippen LogP contribution >= 0.6 is 11.6 Å². The molecule has 1 aliphatic rings. The Balaban J connectivity index is 2.08. The van der Waals surface area contributed by atoms with Gasteiger partial charge < -0.3 is 0 Å². The summed E-state index contributed by atoms with van der Waals surface area (Å²) in [5.41, 5.74) is 0. The van der Waals surface area contributed by atoms with Crippen molar-refractivity contribution in [3.8, 4) is 0 Å². The monoisotopic (exact) mass is 295 g/mol. The highest BCUT2D eigenvalue weighted by atomic mass is 35.5. The molecule has 3 rings (SSSR count). The topological polar surface area (TPSA) is 46.2 Å². The van der Waals surface area contributed by atoms with Crippen molar-refractivity contribution in [2.45, 2.75) is 17.7 Å². The van der Waals surface area contributed by atoms with E-state index in [2.05, 4.69) is 4.72 Å². The number of hydrogen-bond donors (Lipinski definition) is 1. The molecule has 2 aromatic rings. The van der Waals surface area contributed by atoms with E-state index in [1.165, 1.54) is 0 Å². The second-order valence-corrected chi connectivity index (χ2v) is 7.03. The maximum absolute atomic E-state index is 12.4. The summed E-state index contributed by atoms with van der Waals surface area (Å²) in [5, 5.41) is 1.89. The van der Waals surface area contributed by atoms with Gasteiger partial charge in [0.05, 0.1) is 4.90 Å². The Morgan fingerprint density at radius 3 is 2.53 bits per heavy atom. The molecule has 1 fully saturated rings. The van der Waals surface area contributed by atoms with Gasteiger partial charge in [0.1, 0.15) is 0 Å². The summed E-state index contributed by atoms with van der Waals surface area (Å²) < 4.78 is 27.4. The van der Waals surface area contributed by atoms with Crippen molar-refractivity contribution in [1.82, 2.24) is 4.72 Å². The maximum Gasteiger partial charge on any atom is 0.241 e. The Morgan fingerprint density at radius 1 is 1.16 bits per heavy atom. The molecular weight excluding hydrogens is 282 g/mol. The first kappa shape index (κ1) is 12.9. The van der Waals surface area contributed by atoms with Crippen LogP contribution < -0.4 is 4.72 Å². The molecule has 0 bridgehead atoms. The standard InChI is InChI=1S/C14H14ClNO2S/c15-12-5-1-3-11-4-2-6-13(14(11)12)19(17,18)16-9-10-7-8-10/h1-6,10,16H,7-9H2. The maximum atomic E-state index is 12.4. The SMILES string of the molecule is O=S(=O)(NCC1CC1)c1cccc2cccc(Cl)c12. The first-order valence-electron chi connectivity index (χ1n) is 6.25. The summed E-state index contributed by atoms with van der Waals surface area (Å²) in [6.45, 7) is 0.517. The number of fused-ring (bicyclic) bond motifs is 1. The molecule has 0 atom stereocenters. The van der Waals surface area contributed by atoms with Crippen LogP contribution in [-0.4, -0.2) is 15.0 Å². The molecule has 0 heterocycles. The van der Waals surface area contributed by atoms with Crippen LogP contribution in [-0.2, 0) is 10.0 Å². The molecule has 0 amide bonds. The third kappa shape index (κ3) is 2.61. The molecule has 0 aromatic heterocycles. The third-order valence-corrected chi connectivity index (χ3v) is 5.15. The van der Waals surface area contributed by atoms with Crippen LogP contribution in [0.2, 0.25) is 5.02 Å². The second kappa shape index (κ2) is 4.78. The zero-order chi connectivity index (χ0) is 13.5. The van der Waals surface area contributed by atoms with Crippen LogP contribution in [0.25, 0.3) is 10.8 Å². The van der Waals surface area contributed by atoms with Gasteiger partial charge in [0.15, 0.2) is 0 Å². The van der Waals surface area contributed by atoms with Gasteiger partial charge in [-0.05, 0) is 36.3 Å². The Morgan fingerprint density at radius 2 is 1.84 bits per heavy atom. The molecule has 100 valence electrons. The van der Waals surface area contributed by atoms with Crippen molar-refractivity contribution in [1.29, 1.82) is 0 Å². The van der Waals surface area contributed by atoms with E-state index in [1.807, 2.05) is 18.2 Å². The third-order valence-electron chi connectivity index (χ3n) is 3.36. The minimum absolute atomic E-state index is 0.260. The van der Waals surface area contributed by atoms with Crippen LogP contribution in [0.1, 0.15) is 12.8 Å². The molecule has 0 spiro atoms. The van der Waals surface area contributed by atoms with Crippen molar-refractivity contribution < 1.29 is 8.42 Å². The van der Waals surface area contributed by atoms with Gasteiger partial charge >= 0.3 is 0 Å². The van der Waals surface area contributed by atoms with Gasteiger partial charge in [-0.25, -0.2) is 13.1 Å². The molecule has 3 nitrogen and oxygen atoms in total. The van der Waals surface area contributed by atoms with Crippen molar-refractivity contribution >= 4 is 32.4 Å². The smallest absolute Gasteiger partial charge is 0.211 e. The zero-order valence-electron chi connectivity index (χ0n) is 10.3. The molecule has 5 heteroatoms. The van der Waals surface area contributed by atoms with E-state index in [9.17, 15) is 8.42 Å². The Kier molecular flexibility index (Phi) is 3.25. The van der Waals surface area contributed by atoms with E-state index in [0.717, 1.165) is 18.2 Å². The molecule has 1 N–H and O–H groups in total. The van der Waals surface area contributed by atoms with Gasteiger partial charge in [0, 0.05) is 17.0 Å².